The Balaban J connectivity index is 2.62. The molecule has 4 N–H and O–H groups in total. The van der Waals surface area contributed by atoms with E-state index >= 15 is 0 Å². The third kappa shape index (κ3) is 1.55. The van der Waals surface area contributed by atoms with Crippen LogP contribution in [-0.4, -0.2) is 24.7 Å². The van der Waals surface area contributed by atoms with Gasteiger partial charge in [-0.25, -0.2) is 13.6 Å². The van der Waals surface area contributed by atoms with E-state index in [1.54, 1.807) is 24.3 Å². The van der Waals surface area contributed by atoms with Gasteiger partial charge in [0.2, 0.25) is 10.0 Å². The molecule has 0 radical (unpaired) electrons. The van der Waals surface area contributed by atoms with Gasteiger partial charge in [0.25, 0.3) is 0 Å². The van der Waals surface area contributed by atoms with Crippen molar-refractivity contribution >= 4 is 10.0 Å². The Bertz CT molecular complexity index is 485. The number of benzene rings is 1. The van der Waals surface area contributed by atoms with Gasteiger partial charge in [-0.2, -0.15) is 0 Å². The van der Waals surface area contributed by atoms with Gasteiger partial charge >= 0.3 is 0 Å². The summed E-state index contributed by atoms with van der Waals surface area (Å²) in [5, 5.41) is 23.0. The fourth-order valence-corrected chi connectivity index (χ4v) is 3.05. The Hall–Kier alpha value is -0.950. The van der Waals surface area contributed by atoms with Crippen molar-refractivity contribution in [2.24, 2.45) is 5.14 Å². The van der Waals surface area contributed by atoms with Crippen LogP contribution in [0, 0.1) is 0 Å². The summed E-state index contributed by atoms with van der Waals surface area (Å²) in [6.45, 7) is 0. The third-order valence-electron chi connectivity index (χ3n) is 2.61. The Morgan fingerprint density at radius 1 is 1.13 bits per heavy atom. The van der Waals surface area contributed by atoms with Gasteiger partial charge in [-0.15, -0.1) is 0 Å². The van der Waals surface area contributed by atoms with Crippen molar-refractivity contribution in [3.63, 3.8) is 0 Å². The number of rotatable bonds is 1. The van der Waals surface area contributed by atoms with Gasteiger partial charge in [0.05, 0.1) is 0 Å². The molecule has 15 heavy (non-hydrogen) atoms. The average molecular weight is 229 g/mol. The molecule has 2 rings (SSSR count). The van der Waals surface area contributed by atoms with Crippen molar-refractivity contribution in [2.45, 2.75) is 17.5 Å². The molecule has 3 unspecified atom stereocenters. The summed E-state index contributed by atoms with van der Waals surface area (Å²) in [4.78, 5) is 0. The number of hydrogen-bond donors (Lipinski definition) is 3. The maximum absolute atomic E-state index is 11.3. The summed E-state index contributed by atoms with van der Waals surface area (Å²) < 4.78 is 22.5. The minimum absolute atomic E-state index is 0.375. The Morgan fingerprint density at radius 3 is 2.20 bits per heavy atom. The molecule has 3 atom stereocenters. The van der Waals surface area contributed by atoms with E-state index in [1.165, 1.54) is 0 Å². The summed E-state index contributed by atoms with van der Waals surface area (Å²) in [5.41, 5.74) is 0.795. The van der Waals surface area contributed by atoms with E-state index in [0.29, 0.717) is 11.1 Å². The molecule has 1 aliphatic carbocycles. The van der Waals surface area contributed by atoms with Crippen molar-refractivity contribution in [3.8, 4) is 0 Å². The van der Waals surface area contributed by atoms with Gasteiger partial charge < -0.3 is 10.2 Å². The summed E-state index contributed by atoms with van der Waals surface area (Å²) in [5.74, 6) is 0. The van der Waals surface area contributed by atoms with Crippen LogP contribution in [0.15, 0.2) is 24.3 Å². The lowest BCUT2D eigenvalue weighted by Gasteiger charge is -2.14. The maximum Gasteiger partial charge on any atom is 0.218 e. The van der Waals surface area contributed by atoms with Crippen molar-refractivity contribution in [2.75, 3.05) is 0 Å². The van der Waals surface area contributed by atoms with Crippen LogP contribution in [0.5, 0.6) is 0 Å². The van der Waals surface area contributed by atoms with Crippen LogP contribution in [0.1, 0.15) is 22.5 Å². The van der Waals surface area contributed by atoms with Gasteiger partial charge in [-0.1, -0.05) is 24.3 Å². The number of nitrogens with two attached hydrogens (primary N) is 1. The van der Waals surface area contributed by atoms with Crippen molar-refractivity contribution in [1.82, 2.24) is 0 Å². The maximum atomic E-state index is 11.3. The zero-order valence-electron chi connectivity index (χ0n) is 7.74. The minimum atomic E-state index is -3.91. The highest BCUT2D eigenvalue weighted by atomic mass is 32.2. The Kier molecular flexibility index (Phi) is 2.31. The smallest absolute Gasteiger partial charge is 0.218 e. The van der Waals surface area contributed by atoms with Crippen LogP contribution in [0.25, 0.3) is 0 Å². The first-order valence-corrected chi connectivity index (χ1v) is 6.00. The molecular weight excluding hydrogens is 218 g/mol. The number of sulfonamides is 1. The van der Waals surface area contributed by atoms with E-state index in [-0.39, 0.29) is 0 Å². The van der Waals surface area contributed by atoms with Crippen LogP contribution in [0.4, 0.5) is 0 Å². The first kappa shape index (κ1) is 10.6. The number of fused-ring (bicyclic) bond motifs is 1. The molecule has 0 amide bonds. The van der Waals surface area contributed by atoms with Crippen molar-refractivity contribution in [1.29, 1.82) is 0 Å². The highest BCUT2D eigenvalue weighted by molar-refractivity contribution is 7.89. The van der Waals surface area contributed by atoms with Crippen molar-refractivity contribution < 1.29 is 18.6 Å². The second-order valence-corrected chi connectivity index (χ2v) is 5.26. The van der Waals surface area contributed by atoms with Crippen LogP contribution < -0.4 is 5.14 Å². The predicted octanol–water partition coefficient (Wildman–Crippen LogP) is -0.576. The van der Waals surface area contributed by atoms with E-state index in [4.69, 9.17) is 5.14 Å². The first-order valence-electron chi connectivity index (χ1n) is 4.39. The van der Waals surface area contributed by atoms with Gasteiger partial charge in [0, 0.05) is 0 Å². The van der Waals surface area contributed by atoms with Gasteiger partial charge in [0.15, 0.2) is 0 Å². The fourth-order valence-electron chi connectivity index (χ4n) is 1.94. The van der Waals surface area contributed by atoms with E-state index in [9.17, 15) is 18.6 Å². The molecule has 0 heterocycles. The van der Waals surface area contributed by atoms with Crippen LogP contribution in [-0.2, 0) is 10.0 Å². The lowest BCUT2D eigenvalue weighted by atomic mass is 10.1. The zero-order valence-corrected chi connectivity index (χ0v) is 8.55. The van der Waals surface area contributed by atoms with Crippen LogP contribution >= 0.6 is 0 Å². The van der Waals surface area contributed by atoms with Crippen LogP contribution in [0.3, 0.4) is 0 Å². The van der Waals surface area contributed by atoms with Gasteiger partial charge in [-0.3, -0.25) is 0 Å². The Morgan fingerprint density at radius 2 is 1.67 bits per heavy atom. The fraction of sp³-hybridized carbons (Fsp3) is 0.333. The average Bonchev–Trinajstić information content (AvgIpc) is 2.39. The summed E-state index contributed by atoms with van der Waals surface area (Å²) in [7, 11) is -3.91. The molecule has 82 valence electrons. The highest BCUT2D eigenvalue weighted by Gasteiger charge is 2.44. The standard InChI is InChI=1S/C9H11NO4S/c10-15(13,14)9-6-4-2-1-3-5(6)7(11)8(9)12/h1-4,7-9,11-12H,(H2,10,13,14). The molecule has 0 saturated heterocycles. The SMILES string of the molecule is NS(=O)(=O)C1c2ccccc2C(O)C1O. The monoisotopic (exact) mass is 229 g/mol. The number of primary sulfonamides is 1. The van der Waals surface area contributed by atoms with E-state index in [1.807, 2.05) is 0 Å². The normalized spacial score (nSPS) is 30.2. The van der Waals surface area contributed by atoms with E-state index in [0.717, 1.165) is 0 Å². The molecule has 1 aliphatic rings. The molecule has 6 heteroatoms. The molecule has 1 aromatic carbocycles. The summed E-state index contributed by atoms with van der Waals surface area (Å²) >= 11 is 0. The van der Waals surface area contributed by atoms with E-state index in [2.05, 4.69) is 0 Å². The molecule has 0 aliphatic heterocycles. The van der Waals surface area contributed by atoms with E-state index < -0.39 is 27.5 Å². The summed E-state index contributed by atoms with van der Waals surface area (Å²) in [6.07, 6.45) is -2.58. The second kappa shape index (κ2) is 3.28. The number of hydrogen-bond acceptors (Lipinski definition) is 4. The molecule has 0 spiro atoms. The molecule has 0 bridgehead atoms. The Labute approximate surface area is 87.2 Å². The third-order valence-corrected chi connectivity index (χ3v) is 3.85. The molecule has 0 fully saturated rings. The highest BCUT2D eigenvalue weighted by Crippen LogP contribution is 2.42. The molecular formula is C9H11NO4S. The van der Waals surface area contributed by atoms with Crippen LogP contribution in [0.2, 0.25) is 0 Å². The topological polar surface area (TPSA) is 101 Å². The molecule has 1 aromatic rings. The largest absolute Gasteiger partial charge is 0.388 e. The van der Waals surface area contributed by atoms with Gasteiger partial charge in [0.1, 0.15) is 17.5 Å². The lowest BCUT2D eigenvalue weighted by Crippen LogP contribution is -2.29. The zero-order chi connectivity index (χ0) is 11.2. The van der Waals surface area contributed by atoms with Crippen molar-refractivity contribution in [3.05, 3.63) is 35.4 Å². The quantitative estimate of drug-likeness (QED) is 0.600. The number of aliphatic hydroxyl groups excluding tert-OH is 2. The number of aliphatic hydroxyl groups is 2. The molecule has 0 aromatic heterocycles. The predicted molar refractivity (Wildman–Crippen MR) is 53.3 cm³/mol. The first-order chi connectivity index (χ1) is 6.93. The van der Waals surface area contributed by atoms with Gasteiger partial charge in [-0.05, 0) is 11.1 Å². The molecule has 5 nitrogen and oxygen atoms in total. The lowest BCUT2D eigenvalue weighted by molar-refractivity contribution is 0.0296. The second-order valence-electron chi connectivity index (χ2n) is 3.57. The minimum Gasteiger partial charge on any atom is -0.388 e. The molecule has 0 saturated carbocycles. The summed E-state index contributed by atoms with van der Waals surface area (Å²) in [6, 6.07) is 6.43.